The second kappa shape index (κ2) is 11.4. The fraction of sp³-hybridized carbons (Fsp3) is 0.417. The smallest absolute Gasteiger partial charge is 0.238 e. The summed E-state index contributed by atoms with van der Waals surface area (Å²) in [6.07, 6.45) is 1.42. The van der Waals surface area contributed by atoms with Crippen LogP contribution in [0.4, 0.5) is 11.4 Å². The Morgan fingerprint density at radius 2 is 1.66 bits per heavy atom. The lowest BCUT2D eigenvalue weighted by molar-refractivity contribution is -0.121. The number of benzene rings is 2. The zero-order chi connectivity index (χ0) is 22.9. The Balaban J connectivity index is 1.45. The van der Waals surface area contributed by atoms with Crippen LogP contribution in [0.15, 0.2) is 42.5 Å². The number of nitrogens with zero attached hydrogens (tertiary/aromatic N) is 1. The molecule has 2 aromatic carbocycles. The van der Waals surface area contributed by atoms with Gasteiger partial charge in [0.05, 0.1) is 33.1 Å². The van der Waals surface area contributed by atoms with E-state index in [4.69, 9.17) is 14.2 Å². The van der Waals surface area contributed by atoms with E-state index in [9.17, 15) is 9.59 Å². The topological polar surface area (TPSA) is 89.1 Å². The van der Waals surface area contributed by atoms with Crippen LogP contribution in [-0.4, -0.2) is 57.2 Å². The Morgan fingerprint density at radius 1 is 0.969 bits per heavy atom. The van der Waals surface area contributed by atoms with E-state index in [0.29, 0.717) is 49.7 Å². The van der Waals surface area contributed by atoms with E-state index in [1.807, 2.05) is 31.2 Å². The minimum atomic E-state index is -0.120. The Morgan fingerprint density at radius 3 is 2.28 bits per heavy atom. The van der Waals surface area contributed by atoms with Gasteiger partial charge >= 0.3 is 0 Å². The predicted molar refractivity (Wildman–Crippen MR) is 124 cm³/mol. The lowest BCUT2D eigenvalue weighted by Gasteiger charge is -2.30. The summed E-state index contributed by atoms with van der Waals surface area (Å²) in [5.41, 5.74) is 1.36. The van der Waals surface area contributed by atoms with Crippen molar-refractivity contribution in [2.24, 2.45) is 5.92 Å². The summed E-state index contributed by atoms with van der Waals surface area (Å²) in [4.78, 5) is 27.2. The first kappa shape index (κ1) is 23.4. The summed E-state index contributed by atoms with van der Waals surface area (Å²) in [7, 11) is 3.13. The van der Waals surface area contributed by atoms with Gasteiger partial charge in [0.2, 0.25) is 11.8 Å². The van der Waals surface area contributed by atoms with Crippen LogP contribution in [0.3, 0.4) is 0 Å². The summed E-state index contributed by atoms with van der Waals surface area (Å²) in [5, 5.41) is 5.86. The van der Waals surface area contributed by atoms with Crippen molar-refractivity contribution in [3.05, 3.63) is 42.5 Å². The largest absolute Gasteiger partial charge is 0.497 e. The molecule has 2 amide bonds. The summed E-state index contributed by atoms with van der Waals surface area (Å²) < 4.78 is 15.9. The summed E-state index contributed by atoms with van der Waals surface area (Å²) in [6.45, 7) is 4.18. The maximum atomic E-state index is 12.6. The number of nitrogens with one attached hydrogen (secondary N) is 2. The van der Waals surface area contributed by atoms with Crippen LogP contribution < -0.4 is 24.8 Å². The van der Waals surface area contributed by atoms with E-state index in [0.717, 1.165) is 11.4 Å². The highest BCUT2D eigenvalue weighted by atomic mass is 16.5. The van der Waals surface area contributed by atoms with Gasteiger partial charge in [-0.1, -0.05) is 0 Å². The van der Waals surface area contributed by atoms with Gasteiger partial charge in [0.25, 0.3) is 0 Å². The molecule has 172 valence electrons. The van der Waals surface area contributed by atoms with Crippen LogP contribution >= 0.6 is 0 Å². The molecule has 0 saturated carbocycles. The van der Waals surface area contributed by atoms with Crippen molar-refractivity contribution >= 4 is 23.2 Å². The molecule has 0 radical (unpaired) electrons. The molecule has 0 spiro atoms. The number of amides is 2. The van der Waals surface area contributed by atoms with Crippen LogP contribution in [0, 0.1) is 5.92 Å². The quantitative estimate of drug-likeness (QED) is 0.620. The summed E-state index contributed by atoms with van der Waals surface area (Å²) in [6, 6.07) is 12.6. The van der Waals surface area contributed by atoms with E-state index >= 15 is 0 Å². The van der Waals surface area contributed by atoms with Crippen LogP contribution in [0.1, 0.15) is 19.8 Å². The molecule has 0 unspecified atom stereocenters. The summed E-state index contributed by atoms with van der Waals surface area (Å²) >= 11 is 0. The van der Waals surface area contributed by atoms with Crippen LogP contribution in [-0.2, 0) is 9.59 Å². The Bertz CT molecular complexity index is 908. The van der Waals surface area contributed by atoms with E-state index in [1.165, 1.54) is 0 Å². The molecule has 3 rings (SSSR count). The van der Waals surface area contributed by atoms with Gasteiger partial charge in [-0.2, -0.15) is 0 Å². The zero-order valence-corrected chi connectivity index (χ0v) is 18.8. The minimum Gasteiger partial charge on any atom is -0.497 e. The van der Waals surface area contributed by atoms with Crippen molar-refractivity contribution in [2.45, 2.75) is 19.8 Å². The standard InChI is InChI=1S/C24H31N3O5/c1-4-32-19-7-5-18(6-8-19)25-24(29)17-11-13-27(14-12-17)16-23(28)26-21-10-9-20(30-2)15-22(21)31-3/h5-10,15,17H,4,11-14,16H2,1-3H3,(H,25,29)(H,26,28). The number of likely N-dealkylation sites (tertiary alicyclic amines) is 1. The highest BCUT2D eigenvalue weighted by molar-refractivity contribution is 5.94. The molecule has 1 saturated heterocycles. The molecule has 1 fully saturated rings. The van der Waals surface area contributed by atoms with E-state index in [2.05, 4.69) is 15.5 Å². The van der Waals surface area contributed by atoms with Gasteiger partial charge in [-0.25, -0.2) is 0 Å². The maximum absolute atomic E-state index is 12.6. The van der Waals surface area contributed by atoms with Gasteiger partial charge in [0, 0.05) is 17.7 Å². The number of carbonyl (C=O) groups excluding carboxylic acids is 2. The molecular formula is C24H31N3O5. The zero-order valence-electron chi connectivity index (χ0n) is 18.8. The molecular weight excluding hydrogens is 410 g/mol. The maximum Gasteiger partial charge on any atom is 0.238 e. The molecule has 1 heterocycles. The van der Waals surface area contributed by atoms with E-state index in [-0.39, 0.29) is 24.3 Å². The molecule has 0 aromatic heterocycles. The molecule has 8 nitrogen and oxygen atoms in total. The normalized spacial score (nSPS) is 14.5. The van der Waals surface area contributed by atoms with Crippen molar-refractivity contribution in [3.63, 3.8) is 0 Å². The SMILES string of the molecule is CCOc1ccc(NC(=O)C2CCN(CC(=O)Nc3ccc(OC)cc3OC)CC2)cc1. The van der Waals surface area contributed by atoms with E-state index < -0.39 is 0 Å². The third kappa shape index (κ3) is 6.37. The highest BCUT2D eigenvalue weighted by Gasteiger charge is 2.26. The van der Waals surface area contributed by atoms with Crippen molar-refractivity contribution in [2.75, 3.05) is 51.1 Å². The lowest BCUT2D eigenvalue weighted by Crippen LogP contribution is -2.41. The van der Waals surface area contributed by atoms with Gasteiger partial charge in [-0.05, 0) is 69.3 Å². The molecule has 32 heavy (non-hydrogen) atoms. The van der Waals surface area contributed by atoms with Gasteiger partial charge in [0.1, 0.15) is 17.2 Å². The Kier molecular flexibility index (Phi) is 8.33. The Hall–Kier alpha value is -3.26. The molecule has 0 atom stereocenters. The van der Waals surface area contributed by atoms with Crippen molar-refractivity contribution in [1.29, 1.82) is 0 Å². The first-order valence-electron chi connectivity index (χ1n) is 10.8. The fourth-order valence-electron chi connectivity index (χ4n) is 3.69. The number of rotatable bonds is 9. The number of ether oxygens (including phenoxy) is 3. The van der Waals surface area contributed by atoms with Gasteiger partial charge in [0.15, 0.2) is 0 Å². The van der Waals surface area contributed by atoms with Crippen LogP contribution in [0.5, 0.6) is 17.2 Å². The first-order chi connectivity index (χ1) is 15.5. The number of hydrogen-bond donors (Lipinski definition) is 2. The van der Waals surface area contributed by atoms with Crippen molar-refractivity contribution in [1.82, 2.24) is 4.90 Å². The van der Waals surface area contributed by atoms with Crippen LogP contribution in [0.2, 0.25) is 0 Å². The van der Waals surface area contributed by atoms with Gasteiger partial charge < -0.3 is 24.8 Å². The monoisotopic (exact) mass is 441 g/mol. The Labute approximate surface area is 188 Å². The predicted octanol–water partition coefficient (Wildman–Crippen LogP) is 3.39. The third-order valence-corrected chi connectivity index (χ3v) is 5.44. The average Bonchev–Trinajstić information content (AvgIpc) is 2.81. The molecule has 2 aromatic rings. The van der Waals surface area contributed by atoms with Crippen LogP contribution in [0.25, 0.3) is 0 Å². The highest BCUT2D eigenvalue weighted by Crippen LogP contribution is 2.29. The van der Waals surface area contributed by atoms with Gasteiger partial charge in [-0.3, -0.25) is 14.5 Å². The molecule has 2 N–H and O–H groups in total. The van der Waals surface area contributed by atoms with Crippen molar-refractivity contribution < 1.29 is 23.8 Å². The molecule has 1 aliphatic rings. The molecule has 1 aliphatic heterocycles. The lowest BCUT2D eigenvalue weighted by atomic mass is 9.96. The fourth-order valence-corrected chi connectivity index (χ4v) is 3.69. The molecule has 0 aliphatic carbocycles. The third-order valence-electron chi connectivity index (χ3n) is 5.44. The minimum absolute atomic E-state index is 0.0150. The number of piperidine rings is 1. The summed E-state index contributed by atoms with van der Waals surface area (Å²) in [5.74, 6) is 1.81. The first-order valence-corrected chi connectivity index (χ1v) is 10.8. The second-order valence-corrected chi connectivity index (χ2v) is 7.61. The van der Waals surface area contributed by atoms with E-state index in [1.54, 1.807) is 32.4 Å². The molecule has 8 heteroatoms. The number of methoxy groups -OCH3 is 2. The average molecular weight is 442 g/mol. The number of carbonyl (C=O) groups is 2. The second-order valence-electron chi connectivity index (χ2n) is 7.61. The number of hydrogen-bond acceptors (Lipinski definition) is 6. The van der Waals surface area contributed by atoms with Gasteiger partial charge in [-0.15, -0.1) is 0 Å². The molecule has 0 bridgehead atoms. The number of anilines is 2. The van der Waals surface area contributed by atoms with Crippen molar-refractivity contribution in [3.8, 4) is 17.2 Å².